The Hall–Kier alpha value is -1.69. The molecule has 1 rings (SSSR count). The highest BCUT2D eigenvalue weighted by atomic mass is 32.1. The molecule has 17 heavy (non-hydrogen) atoms. The predicted octanol–water partition coefficient (Wildman–Crippen LogP) is 1.94. The van der Waals surface area contributed by atoms with Crippen LogP contribution in [-0.4, -0.2) is 29.5 Å². The molecule has 0 aliphatic rings. The van der Waals surface area contributed by atoms with Crippen LogP contribution < -0.4 is 11.1 Å². The van der Waals surface area contributed by atoms with Gasteiger partial charge in [0.2, 0.25) is 0 Å². The highest BCUT2D eigenvalue weighted by molar-refractivity contribution is 7.80. The van der Waals surface area contributed by atoms with E-state index in [4.69, 9.17) is 18.0 Å². The minimum Gasteiger partial charge on any atom is -0.389 e. The van der Waals surface area contributed by atoms with Gasteiger partial charge in [0.1, 0.15) is 10.8 Å². The monoisotopic (exact) mass is 255 g/mol. The van der Waals surface area contributed by atoms with Gasteiger partial charge in [0.25, 0.3) is 0 Å². The fourth-order valence-corrected chi connectivity index (χ4v) is 1.25. The second kappa shape index (κ2) is 5.58. The number of amides is 2. The van der Waals surface area contributed by atoms with Crippen LogP contribution in [0.2, 0.25) is 0 Å². The number of carbonyl (C=O) groups excluding carboxylic acids is 1. The van der Waals surface area contributed by atoms with E-state index in [1.807, 2.05) is 6.92 Å². The molecule has 0 saturated heterocycles. The summed E-state index contributed by atoms with van der Waals surface area (Å²) in [6.45, 7) is 2.37. The molecule has 1 aromatic rings. The first kappa shape index (κ1) is 13.4. The predicted molar refractivity (Wildman–Crippen MR) is 69.6 cm³/mol. The van der Waals surface area contributed by atoms with E-state index in [1.165, 1.54) is 17.0 Å². The lowest BCUT2D eigenvalue weighted by Crippen LogP contribution is -2.31. The van der Waals surface area contributed by atoms with Crippen molar-refractivity contribution < 1.29 is 9.18 Å². The summed E-state index contributed by atoms with van der Waals surface area (Å²) in [5.74, 6) is -0.562. The number of nitrogens with two attached hydrogens (primary N) is 1. The van der Waals surface area contributed by atoms with Gasteiger partial charge < -0.3 is 16.0 Å². The zero-order valence-corrected chi connectivity index (χ0v) is 10.5. The van der Waals surface area contributed by atoms with Gasteiger partial charge in [-0.15, -0.1) is 0 Å². The third-order valence-electron chi connectivity index (χ3n) is 2.32. The molecule has 1 aromatic carbocycles. The van der Waals surface area contributed by atoms with Crippen molar-refractivity contribution in [3.05, 3.63) is 29.6 Å². The molecule has 6 heteroatoms. The standard InChI is InChI=1S/C11H14FN3OS/c1-3-15(2)11(16)14-9-5-4-7(10(13)17)6-8(9)12/h4-6H,3H2,1-2H3,(H2,13,17)(H,14,16). The second-order valence-corrected chi connectivity index (χ2v) is 3.94. The molecular weight excluding hydrogens is 241 g/mol. The highest BCUT2D eigenvalue weighted by Crippen LogP contribution is 2.16. The first-order chi connectivity index (χ1) is 7.95. The SMILES string of the molecule is CCN(C)C(=O)Nc1ccc(C(N)=S)cc1F. The van der Waals surface area contributed by atoms with Crippen molar-refractivity contribution in [2.45, 2.75) is 6.92 Å². The number of nitrogens with one attached hydrogen (secondary N) is 1. The average molecular weight is 255 g/mol. The van der Waals surface area contributed by atoms with Crippen LogP contribution in [0.15, 0.2) is 18.2 Å². The molecule has 0 fully saturated rings. The molecule has 92 valence electrons. The normalized spacial score (nSPS) is 9.82. The molecule has 0 aliphatic heterocycles. The number of urea groups is 1. The number of hydrogen-bond donors (Lipinski definition) is 2. The van der Waals surface area contributed by atoms with Gasteiger partial charge in [-0.05, 0) is 25.1 Å². The number of anilines is 1. The molecule has 0 atom stereocenters. The molecule has 3 N–H and O–H groups in total. The molecule has 0 radical (unpaired) electrons. The third-order valence-corrected chi connectivity index (χ3v) is 2.55. The maximum atomic E-state index is 13.6. The average Bonchev–Trinajstić information content (AvgIpc) is 2.30. The molecular formula is C11H14FN3OS. The Labute approximate surface area is 105 Å². The van der Waals surface area contributed by atoms with Crippen molar-refractivity contribution in [2.24, 2.45) is 5.73 Å². The van der Waals surface area contributed by atoms with Crippen molar-refractivity contribution in [1.82, 2.24) is 4.90 Å². The molecule has 0 heterocycles. The maximum Gasteiger partial charge on any atom is 0.321 e. The number of rotatable bonds is 3. The van der Waals surface area contributed by atoms with Gasteiger partial charge in [-0.1, -0.05) is 12.2 Å². The third kappa shape index (κ3) is 3.39. The van der Waals surface area contributed by atoms with Crippen molar-refractivity contribution in [2.75, 3.05) is 18.9 Å². The zero-order valence-electron chi connectivity index (χ0n) is 9.66. The minimum atomic E-state index is -0.562. The van der Waals surface area contributed by atoms with Crippen LogP contribution in [0.1, 0.15) is 12.5 Å². The molecule has 0 aromatic heterocycles. The summed E-state index contributed by atoms with van der Waals surface area (Å²) < 4.78 is 13.6. The van der Waals surface area contributed by atoms with E-state index in [0.717, 1.165) is 0 Å². The van der Waals surface area contributed by atoms with Gasteiger partial charge in [-0.25, -0.2) is 9.18 Å². The van der Waals surface area contributed by atoms with E-state index in [2.05, 4.69) is 5.32 Å². The van der Waals surface area contributed by atoms with E-state index < -0.39 is 5.82 Å². The molecule has 0 saturated carbocycles. The summed E-state index contributed by atoms with van der Waals surface area (Å²) in [4.78, 5) is 13.1. The lowest BCUT2D eigenvalue weighted by atomic mass is 10.2. The molecule has 4 nitrogen and oxygen atoms in total. The summed E-state index contributed by atoms with van der Waals surface area (Å²) in [7, 11) is 1.62. The summed E-state index contributed by atoms with van der Waals surface area (Å²) in [6.07, 6.45) is 0. The van der Waals surface area contributed by atoms with Crippen molar-refractivity contribution in [1.29, 1.82) is 0 Å². The van der Waals surface area contributed by atoms with Crippen LogP contribution in [0, 0.1) is 5.82 Å². The van der Waals surface area contributed by atoms with E-state index >= 15 is 0 Å². The number of benzene rings is 1. The summed E-state index contributed by atoms with van der Waals surface area (Å²) in [5, 5.41) is 2.45. The van der Waals surface area contributed by atoms with E-state index in [1.54, 1.807) is 13.1 Å². The van der Waals surface area contributed by atoms with Crippen LogP contribution in [-0.2, 0) is 0 Å². The Kier molecular flexibility index (Phi) is 4.39. The number of carbonyl (C=O) groups is 1. The number of thiocarbonyl (C=S) groups is 1. The van der Waals surface area contributed by atoms with E-state index in [-0.39, 0.29) is 16.7 Å². The highest BCUT2D eigenvalue weighted by Gasteiger charge is 2.10. The van der Waals surface area contributed by atoms with Crippen molar-refractivity contribution >= 4 is 28.9 Å². The van der Waals surface area contributed by atoms with E-state index in [9.17, 15) is 9.18 Å². The number of halogens is 1. The Morgan fingerprint density at radius 2 is 2.24 bits per heavy atom. The van der Waals surface area contributed by atoms with Gasteiger partial charge in [-0.2, -0.15) is 0 Å². The second-order valence-electron chi connectivity index (χ2n) is 3.50. The zero-order chi connectivity index (χ0) is 13.0. The lowest BCUT2D eigenvalue weighted by Gasteiger charge is -2.16. The van der Waals surface area contributed by atoms with Gasteiger partial charge >= 0.3 is 6.03 Å². The van der Waals surface area contributed by atoms with Gasteiger partial charge in [-0.3, -0.25) is 0 Å². The van der Waals surface area contributed by atoms with Crippen LogP contribution >= 0.6 is 12.2 Å². The molecule has 0 spiro atoms. The fraction of sp³-hybridized carbons (Fsp3) is 0.273. The Morgan fingerprint density at radius 3 is 2.71 bits per heavy atom. The Bertz CT molecular complexity index is 450. The Balaban J connectivity index is 2.86. The van der Waals surface area contributed by atoms with Gasteiger partial charge in [0.05, 0.1) is 5.69 Å². The summed E-state index contributed by atoms with van der Waals surface area (Å²) in [5.41, 5.74) is 5.91. The quantitative estimate of drug-likeness (QED) is 0.812. The van der Waals surface area contributed by atoms with E-state index in [0.29, 0.717) is 12.1 Å². The first-order valence-corrected chi connectivity index (χ1v) is 5.48. The molecule has 0 aliphatic carbocycles. The number of nitrogens with zero attached hydrogens (tertiary/aromatic N) is 1. The first-order valence-electron chi connectivity index (χ1n) is 5.07. The molecule has 2 amide bonds. The van der Waals surface area contributed by atoms with Crippen molar-refractivity contribution in [3.63, 3.8) is 0 Å². The number of hydrogen-bond acceptors (Lipinski definition) is 2. The van der Waals surface area contributed by atoms with Gasteiger partial charge in [0, 0.05) is 19.2 Å². The topological polar surface area (TPSA) is 58.4 Å². The fourth-order valence-electron chi connectivity index (χ4n) is 1.12. The molecule has 0 unspecified atom stereocenters. The lowest BCUT2D eigenvalue weighted by molar-refractivity contribution is 0.224. The van der Waals surface area contributed by atoms with Crippen LogP contribution in [0.25, 0.3) is 0 Å². The van der Waals surface area contributed by atoms with Crippen LogP contribution in [0.3, 0.4) is 0 Å². The summed E-state index contributed by atoms with van der Waals surface area (Å²) in [6, 6.07) is 3.83. The van der Waals surface area contributed by atoms with Crippen LogP contribution in [0.4, 0.5) is 14.9 Å². The smallest absolute Gasteiger partial charge is 0.321 e. The summed E-state index contributed by atoms with van der Waals surface area (Å²) >= 11 is 4.73. The largest absolute Gasteiger partial charge is 0.389 e. The molecule has 0 bridgehead atoms. The van der Waals surface area contributed by atoms with Gasteiger partial charge in [0.15, 0.2) is 0 Å². The minimum absolute atomic E-state index is 0.107. The van der Waals surface area contributed by atoms with Crippen LogP contribution in [0.5, 0.6) is 0 Å². The van der Waals surface area contributed by atoms with Crippen molar-refractivity contribution in [3.8, 4) is 0 Å². The maximum absolute atomic E-state index is 13.6. The Morgan fingerprint density at radius 1 is 1.59 bits per heavy atom.